The molecule has 0 fully saturated rings. The van der Waals surface area contributed by atoms with Crippen LogP contribution in [0.3, 0.4) is 0 Å². The average molecular weight is 369 g/mol. The summed E-state index contributed by atoms with van der Waals surface area (Å²) in [7, 11) is 1.86. The second kappa shape index (κ2) is 8.71. The van der Waals surface area contributed by atoms with Gasteiger partial charge in [-0.2, -0.15) is 11.8 Å². The highest BCUT2D eigenvalue weighted by Gasteiger charge is 2.17. The lowest BCUT2D eigenvalue weighted by Crippen LogP contribution is -2.29. The lowest BCUT2D eigenvalue weighted by molar-refractivity contribution is -0.131. The third kappa shape index (κ3) is 5.52. The molecule has 0 aliphatic carbocycles. The Morgan fingerprint density at radius 2 is 2.09 bits per heavy atom. The van der Waals surface area contributed by atoms with Crippen LogP contribution in [-0.4, -0.2) is 28.6 Å². The first kappa shape index (κ1) is 18.3. The van der Waals surface area contributed by atoms with E-state index < -0.39 is 0 Å². The topological polar surface area (TPSA) is 33.2 Å². The Kier molecular flexibility index (Phi) is 6.93. The van der Waals surface area contributed by atoms with Gasteiger partial charge in [0.1, 0.15) is 0 Å². The highest BCUT2D eigenvalue weighted by Crippen LogP contribution is 2.22. The number of nitrogens with zero attached hydrogens (tertiary/aromatic N) is 2. The molecule has 1 heterocycles. The minimum absolute atomic E-state index is 0.0472. The van der Waals surface area contributed by atoms with Crippen LogP contribution in [0.2, 0.25) is 5.02 Å². The number of benzene rings is 1. The van der Waals surface area contributed by atoms with E-state index >= 15 is 0 Å². The zero-order valence-electron chi connectivity index (χ0n) is 13.6. The van der Waals surface area contributed by atoms with Crippen LogP contribution in [-0.2, 0) is 10.5 Å². The zero-order valence-corrected chi connectivity index (χ0v) is 16.0. The molecule has 2 rings (SSSR count). The van der Waals surface area contributed by atoms with Crippen molar-refractivity contribution in [3.8, 4) is 0 Å². The summed E-state index contributed by atoms with van der Waals surface area (Å²) in [6.07, 6.45) is 0.544. The molecule has 6 heteroatoms. The number of aryl methyl sites for hydroxylation is 1. The first-order valence-electron chi connectivity index (χ1n) is 7.47. The molecule has 0 N–H and O–H groups in total. The molecule has 2 aromatic rings. The molecular weight excluding hydrogens is 348 g/mol. The van der Waals surface area contributed by atoms with Gasteiger partial charge in [0.2, 0.25) is 5.91 Å². The predicted molar refractivity (Wildman–Crippen MR) is 100 cm³/mol. The Hall–Kier alpha value is -1.04. The van der Waals surface area contributed by atoms with E-state index in [0.29, 0.717) is 11.4 Å². The van der Waals surface area contributed by atoms with Gasteiger partial charge in [-0.05, 0) is 31.5 Å². The van der Waals surface area contributed by atoms with Crippen molar-refractivity contribution in [3.63, 3.8) is 0 Å². The zero-order chi connectivity index (χ0) is 16.8. The number of halogens is 1. The Morgan fingerprint density at radius 1 is 1.39 bits per heavy atom. The van der Waals surface area contributed by atoms with Gasteiger partial charge in [0.25, 0.3) is 0 Å². The van der Waals surface area contributed by atoms with Gasteiger partial charge >= 0.3 is 0 Å². The third-order valence-corrected chi connectivity index (χ3v) is 5.77. The van der Waals surface area contributed by atoms with Gasteiger partial charge in [-0.15, -0.1) is 11.3 Å². The molecule has 3 nitrogen and oxygen atoms in total. The summed E-state index contributed by atoms with van der Waals surface area (Å²) < 4.78 is 0. The molecule has 0 spiro atoms. The average Bonchev–Trinajstić information content (AvgIpc) is 2.96. The maximum Gasteiger partial charge on any atom is 0.223 e. The van der Waals surface area contributed by atoms with Crippen molar-refractivity contribution in [1.82, 2.24) is 9.88 Å². The maximum absolute atomic E-state index is 12.3. The normalized spacial score (nSPS) is 12.2. The van der Waals surface area contributed by atoms with E-state index in [4.69, 9.17) is 11.6 Å². The van der Waals surface area contributed by atoms with Crippen LogP contribution in [0.5, 0.6) is 0 Å². The fourth-order valence-electron chi connectivity index (χ4n) is 2.17. The van der Waals surface area contributed by atoms with E-state index in [9.17, 15) is 4.79 Å². The summed E-state index contributed by atoms with van der Waals surface area (Å²) in [4.78, 5) is 18.5. The quantitative estimate of drug-likeness (QED) is 0.648. The number of carbonyl (C=O) groups excluding carboxylic acids is 1. The first-order valence-corrected chi connectivity index (χ1v) is 9.88. The smallest absolute Gasteiger partial charge is 0.223 e. The van der Waals surface area contributed by atoms with Crippen LogP contribution in [0, 0.1) is 6.92 Å². The molecule has 0 radical (unpaired) electrons. The van der Waals surface area contributed by atoms with Crippen molar-refractivity contribution in [2.45, 2.75) is 32.1 Å². The fourth-order valence-corrected chi connectivity index (χ4v) is 3.83. The number of thioether (sulfide) groups is 1. The highest BCUT2D eigenvalue weighted by atomic mass is 35.5. The largest absolute Gasteiger partial charge is 0.339 e. The number of aromatic nitrogens is 1. The number of rotatable bonds is 7. The molecule has 23 heavy (non-hydrogen) atoms. The summed E-state index contributed by atoms with van der Waals surface area (Å²) in [5.41, 5.74) is 2.20. The van der Waals surface area contributed by atoms with E-state index in [1.807, 2.05) is 45.2 Å². The van der Waals surface area contributed by atoms with Gasteiger partial charge in [-0.1, -0.05) is 23.7 Å². The summed E-state index contributed by atoms with van der Waals surface area (Å²) in [5, 5.41) is 3.88. The van der Waals surface area contributed by atoms with Gasteiger partial charge in [0.15, 0.2) is 0 Å². The van der Waals surface area contributed by atoms with Gasteiger partial charge in [-0.25, -0.2) is 4.98 Å². The minimum atomic E-state index is 0.0472. The molecule has 1 unspecified atom stereocenters. The molecule has 1 atom stereocenters. The number of hydrogen-bond donors (Lipinski definition) is 0. The Morgan fingerprint density at radius 3 is 2.70 bits per heavy atom. The molecule has 0 bridgehead atoms. The van der Waals surface area contributed by atoms with E-state index in [1.54, 1.807) is 28.0 Å². The molecule has 0 aliphatic rings. The van der Waals surface area contributed by atoms with Crippen LogP contribution in [0.4, 0.5) is 0 Å². The van der Waals surface area contributed by atoms with Crippen molar-refractivity contribution in [3.05, 3.63) is 50.9 Å². The number of amides is 1. The molecule has 1 amide bonds. The van der Waals surface area contributed by atoms with Crippen LogP contribution < -0.4 is 0 Å². The Balaban J connectivity index is 1.76. The minimum Gasteiger partial charge on any atom is -0.339 e. The van der Waals surface area contributed by atoms with Crippen LogP contribution in [0.1, 0.15) is 35.7 Å². The first-order chi connectivity index (χ1) is 11.0. The van der Waals surface area contributed by atoms with Crippen LogP contribution >= 0.6 is 34.7 Å². The van der Waals surface area contributed by atoms with Crippen molar-refractivity contribution in [1.29, 1.82) is 0 Å². The van der Waals surface area contributed by atoms with Crippen LogP contribution in [0.25, 0.3) is 0 Å². The van der Waals surface area contributed by atoms with Crippen molar-refractivity contribution in [2.24, 2.45) is 0 Å². The highest BCUT2D eigenvalue weighted by molar-refractivity contribution is 7.98. The molecule has 0 aliphatic heterocycles. The SMILES string of the molecule is Cc1nc(CSCCC(=O)N(C)C(C)c2ccc(Cl)cc2)cs1. The van der Waals surface area contributed by atoms with Crippen molar-refractivity contribution in [2.75, 3.05) is 12.8 Å². The number of thiazole rings is 1. The summed E-state index contributed by atoms with van der Waals surface area (Å²) in [6.45, 7) is 4.04. The second-order valence-corrected chi connectivity index (χ2v) is 8.00. The van der Waals surface area contributed by atoms with Crippen LogP contribution in [0.15, 0.2) is 29.6 Å². The van der Waals surface area contributed by atoms with Crippen molar-refractivity contribution >= 4 is 40.6 Å². The van der Waals surface area contributed by atoms with Gasteiger partial charge in [0, 0.05) is 35.4 Å². The van der Waals surface area contributed by atoms with Gasteiger partial charge < -0.3 is 4.90 Å². The third-order valence-electron chi connectivity index (χ3n) is 3.70. The molecule has 124 valence electrons. The van der Waals surface area contributed by atoms with E-state index in [0.717, 1.165) is 27.8 Å². The Labute approximate surface area is 151 Å². The summed E-state index contributed by atoms with van der Waals surface area (Å²) in [6, 6.07) is 7.70. The van der Waals surface area contributed by atoms with E-state index in [2.05, 4.69) is 10.4 Å². The molecular formula is C17H21ClN2OS2. The monoisotopic (exact) mass is 368 g/mol. The van der Waals surface area contributed by atoms with Gasteiger partial charge in [-0.3, -0.25) is 4.79 Å². The molecule has 0 saturated heterocycles. The van der Waals surface area contributed by atoms with E-state index in [-0.39, 0.29) is 11.9 Å². The molecule has 1 aromatic carbocycles. The Bertz CT molecular complexity index is 642. The standard InChI is InChI=1S/C17H21ClN2OS2/c1-12(14-4-6-15(18)7-5-14)20(3)17(21)8-9-22-10-16-11-23-13(2)19-16/h4-7,11-12H,8-10H2,1-3H3. The van der Waals surface area contributed by atoms with E-state index in [1.165, 1.54) is 0 Å². The number of carbonyl (C=O) groups is 1. The summed E-state index contributed by atoms with van der Waals surface area (Å²) >= 11 is 9.33. The molecule has 0 saturated carbocycles. The van der Waals surface area contributed by atoms with Crippen molar-refractivity contribution < 1.29 is 4.79 Å². The summed E-state index contributed by atoms with van der Waals surface area (Å²) in [5.74, 6) is 1.84. The molecule has 1 aromatic heterocycles. The van der Waals surface area contributed by atoms with Gasteiger partial charge in [0.05, 0.1) is 16.7 Å². The number of hydrogen-bond acceptors (Lipinski definition) is 4. The lowest BCUT2D eigenvalue weighted by Gasteiger charge is -2.25. The maximum atomic E-state index is 12.3. The lowest BCUT2D eigenvalue weighted by atomic mass is 10.1. The predicted octanol–water partition coefficient (Wildman–Crippen LogP) is 4.95. The second-order valence-electron chi connectivity index (χ2n) is 5.39. The fraction of sp³-hybridized carbons (Fsp3) is 0.412.